The topological polar surface area (TPSA) is 28.7 Å². The molecule has 0 radical (unpaired) electrons. The Morgan fingerprint density at radius 2 is 1.91 bits per heavy atom. The zero-order chi connectivity index (χ0) is 15.1. The Morgan fingerprint density at radius 3 is 2.73 bits per heavy atom. The average Bonchev–Trinajstić information content (AvgIpc) is 3.11. The molecule has 2 heterocycles. The van der Waals surface area contributed by atoms with Gasteiger partial charge >= 0.3 is 0 Å². The number of fused-ring (bicyclic) bond motifs is 1. The van der Waals surface area contributed by atoms with E-state index in [1.54, 1.807) is 11.3 Å². The summed E-state index contributed by atoms with van der Waals surface area (Å²) in [6.45, 7) is 2.08. The Bertz CT molecular complexity index is 954. The highest BCUT2D eigenvalue weighted by Crippen LogP contribution is 2.36. The van der Waals surface area contributed by atoms with Crippen molar-refractivity contribution in [3.05, 3.63) is 64.6 Å². The molecule has 0 fully saturated rings. The normalized spacial score (nSPS) is 11.2. The first-order valence-electron chi connectivity index (χ1n) is 7.01. The van der Waals surface area contributed by atoms with E-state index < -0.39 is 0 Å². The number of aromatic amines is 1. The molecule has 2 nitrogen and oxygen atoms in total. The average molecular weight is 325 g/mol. The maximum atomic E-state index is 6.16. The number of thiazole rings is 1. The van der Waals surface area contributed by atoms with Crippen molar-refractivity contribution in [2.75, 3.05) is 0 Å². The molecule has 0 bridgehead atoms. The molecular weight excluding hydrogens is 312 g/mol. The summed E-state index contributed by atoms with van der Waals surface area (Å²) in [6.07, 6.45) is 0. The van der Waals surface area contributed by atoms with E-state index in [2.05, 4.69) is 29.4 Å². The van der Waals surface area contributed by atoms with Crippen LogP contribution in [-0.2, 0) is 0 Å². The summed E-state index contributed by atoms with van der Waals surface area (Å²) in [4.78, 5) is 8.23. The Hall–Kier alpha value is -2.10. The summed E-state index contributed by atoms with van der Waals surface area (Å²) >= 11 is 7.82. The van der Waals surface area contributed by atoms with Gasteiger partial charge < -0.3 is 4.98 Å². The molecule has 0 saturated carbocycles. The standard InChI is InChI=1S/C18H13ClN2S/c1-11-17(14-9-13(19)7-8-15(14)20-11)18-21-16(10-22-18)12-5-3-2-4-6-12/h2-10,20H,1H3. The molecule has 0 spiro atoms. The smallest absolute Gasteiger partial charge is 0.126 e. The Balaban J connectivity index is 1.88. The van der Waals surface area contributed by atoms with Crippen molar-refractivity contribution < 1.29 is 0 Å². The summed E-state index contributed by atoms with van der Waals surface area (Å²) in [5.74, 6) is 0. The highest BCUT2D eigenvalue weighted by molar-refractivity contribution is 7.13. The van der Waals surface area contributed by atoms with E-state index in [4.69, 9.17) is 16.6 Å². The van der Waals surface area contributed by atoms with Crippen LogP contribution in [0.5, 0.6) is 0 Å². The molecule has 2 aromatic heterocycles. The van der Waals surface area contributed by atoms with Gasteiger partial charge in [0.2, 0.25) is 0 Å². The highest BCUT2D eigenvalue weighted by Gasteiger charge is 2.15. The number of aromatic nitrogens is 2. The summed E-state index contributed by atoms with van der Waals surface area (Å²) in [6, 6.07) is 16.2. The van der Waals surface area contributed by atoms with Gasteiger partial charge in [0.15, 0.2) is 0 Å². The van der Waals surface area contributed by atoms with Crippen molar-refractivity contribution in [3.63, 3.8) is 0 Å². The molecule has 1 N–H and O–H groups in total. The minimum Gasteiger partial charge on any atom is -0.358 e. The van der Waals surface area contributed by atoms with Crippen LogP contribution in [0.15, 0.2) is 53.9 Å². The SMILES string of the molecule is Cc1[nH]c2ccc(Cl)cc2c1-c1nc(-c2ccccc2)cs1. The fourth-order valence-electron chi connectivity index (χ4n) is 2.70. The summed E-state index contributed by atoms with van der Waals surface area (Å²) in [7, 11) is 0. The minimum atomic E-state index is 0.743. The summed E-state index contributed by atoms with van der Waals surface area (Å²) < 4.78 is 0. The van der Waals surface area contributed by atoms with Crippen LogP contribution in [0.2, 0.25) is 5.02 Å². The van der Waals surface area contributed by atoms with Gasteiger partial charge in [-0.05, 0) is 25.1 Å². The van der Waals surface area contributed by atoms with E-state index >= 15 is 0 Å². The maximum Gasteiger partial charge on any atom is 0.126 e. The molecule has 0 saturated heterocycles. The third-order valence-electron chi connectivity index (χ3n) is 3.74. The molecule has 0 aliphatic carbocycles. The molecule has 4 heteroatoms. The van der Waals surface area contributed by atoms with E-state index in [1.165, 1.54) is 0 Å². The van der Waals surface area contributed by atoms with Crippen molar-refractivity contribution >= 4 is 33.8 Å². The zero-order valence-electron chi connectivity index (χ0n) is 11.9. The number of nitrogens with zero attached hydrogens (tertiary/aromatic N) is 1. The van der Waals surface area contributed by atoms with Gasteiger partial charge in [0, 0.05) is 38.1 Å². The number of rotatable bonds is 2. The second-order valence-electron chi connectivity index (χ2n) is 5.22. The van der Waals surface area contributed by atoms with Crippen LogP contribution >= 0.6 is 22.9 Å². The van der Waals surface area contributed by atoms with E-state index in [1.807, 2.05) is 36.4 Å². The molecular formula is C18H13ClN2S. The van der Waals surface area contributed by atoms with Gasteiger partial charge in [-0.2, -0.15) is 0 Å². The number of benzene rings is 2. The monoisotopic (exact) mass is 324 g/mol. The van der Waals surface area contributed by atoms with E-state index in [0.29, 0.717) is 0 Å². The first kappa shape index (κ1) is 13.6. The van der Waals surface area contributed by atoms with Crippen molar-refractivity contribution in [1.82, 2.24) is 9.97 Å². The number of aryl methyl sites for hydroxylation is 1. The maximum absolute atomic E-state index is 6.16. The van der Waals surface area contributed by atoms with Crippen molar-refractivity contribution in [2.24, 2.45) is 0 Å². The van der Waals surface area contributed by atoms with Gasteiger partial charge in [-0.25, -0.2) is 4.98 Å². The van der Waals surface area contributed by atoms with Crippen LogP contribution < -0.4 is 0 Å². The van der Waals surface area contributed by atoms with Crippen LogP contribution in [0.25, 0.3) is 32.7 Å². The van der Waals surface area contributed by atoms with Crippen LogP contribution in [0.4, 0.5) is 0 Å². The third kappa shape index (κ3) is 2.23. The molecule has 108 valence electrons. The van der Waals surface area contributed by atoms with Gasteiger partial charge in [0.25, 0.3) is 0 Å². The number of halogens is 1. The Morgan fingerprint density at radius 1 is 1.09 bits per heavy atom. The van der Waals surface area contributed by atoms with Crippen molar-refractivity contribution in [1.29, 1.82) is 0 Å². The molecule has 0 amide bonds. The lowest BCUT2D eigenvalue weighted by atomic mass is 10.1. The molecule has 4 rings (SSSR count). The number of hydrogen-bond acceptors (Lipinski definition) is 2. The first-order chi connectivity index (χ1) is 10.7. The van der Waals surface area contributed by atoms with Gasteiger partial charge in [-0.1, -0.05) is 41.9 Å². The predicted octanol–water partition coefficient (Wildman–Crippen LogP) is 5.92. The number of hydrogen-bond donors (Lipinski definition) is 1. The summed E-state index contributed by atoms with van der Waals surface area (Å²) in [5.41, 5.74) is 5.50. The van der Waals surface area contributed by atoms with Crippen LogP contribution in [0, 0.1) is 6.92 Å². The molecule has 22 heavy (non-hydrogen) atoms. The predicted molar refractivity (Wildman–Crippen MR) is 94.6 cm³/mol. The second kappa shape index (κ2) is 5.27. The van der Waals surface area contributed by atoms with Gasteiger partial charge in [-0.15, -0.1) is 11.3 Å². The van der Waals surface area contributed by atoms with Gasteiger partial charge in [0.1, 0.15) is 5.01 Å². The zero-order valence-corrected chi connectivity index (χ0v) is 13.5. The fourth-order valence-corrected chi connectivity index (χ4v) is 3.82. The van der Waals surface area contributed by atoms with Crippen molar-refractivity contribution in [2.45, 2.75) is 6.92 Å². The van der Waals surface area contributed by atoms with E-state index in [0.717, 1.165) is 43.4 Å². The van der Waals surface area contributed by atoms with Gasteiger partial charge in [-0.3, -0.25) is 0 Å². The molecule has 0 aliphatic rings. The minimum absolute atomic E-state index is 0.743. The first-order valence-corrected chi connectivity index (χ1v) is 8.27. The van der Waals surface area contributed by atoms with Crippen LogP contribution in [0.3, 0.4) is 0 Å². The third-order valence-corrected chi connectivity index (χ3v) is 4.83. The lowest BCUT2D eigenvalue weighted by molar-refractivity contribution is 1.29. The lowest BCUT2D eigenvalue weighted by Gasteiger charge is -1.98. The molecule has 0 unspecified atom stereocenters. The van der Waals surface area contributed by atoms with Crippen LogP contribution in [0.1, 0.15) is 5.69 Å². The summed E-state index contributed by atoms with van der Waals surface area (Å²) in [5, 5.41) is 4.99. The van der Waals surface area contributed by atoms with Crippen LogP contribution in [-0.4, -0.2) is 9.97 Å². The van der Waals surface area contributed by atoms with E-state index in [-0.39, 0.29) is 0 Å². The second-order valence-corrected chi connectivity index (χ2v) is 6.51. The lowest BCUT2D eigenvalue weighted by Crippen LogP contribution is -1.80. The number of nitrogens with one attached hydrogen (secondary N) is 1. The molecule has 4 aromatic rings. The van der Waals surface area contributed by atoms with Crippen molar-refractivity contribution in [3.8, 4) is 21.8 Å². The Labute approximate surface area is 137 Å². The quantitative estimate of drug-likeness (QED) is 0.487. The van der Waals surface area contributed by atoms with Gasteiger partial charge in [0.05, 0.1) is 5.69 Å². The molecule has 0 atom stereocenters. The molecule has 2 aromatic carbocycles. The number of H-pyrrole nitrogens is 1. The van der Waals surface area contributed by atoms with E-state index in [9.17, 15) is 0 Å². The molecule has 0 aliphatic heterocycles. The Kier molecular flexibility index (Phi) is 3.25. The highest BCUT2D eigenvalue weighted by atomic mass is 35.5. The fraction of sp³-hybridized carbons (Fsp3) is 0.0556. The largest absolute Gasteiger partial charge is 0.358 e.